The van der Waals surface area contributed by atoms with Gasteiger partial charge in [0.15, 0.2) is 6.10 Å². The molecule has 0 spiro atoms. The van der Waals surface area contributed by atoms with Crippen LogP contribution in [0, 0.1) is 11.6 Å². The van der Waals surface area contributed by atoms with E-state index in [-0.39, 0.29) is 10.7 Å². The van der Waals surface area contributed by atoms with Gasteiger partial charge in [-0.25, -0.2) is 13.6 Å². The van der Waals surface area contributed by atoms with Crippen LogP contribution in [0.15, 0.2) is 42.5 Å². The molecule has 0 unspecified atom stereocenters. The van der Waals surface area contributed by atoms with Crippen molar-refractivity contribution in [2.75, 3.05) is 5.32 Å². The highest BCUT2D eigenvalue weighted by Crippen LogP contribution is 2.21. The highest BCUT2D eigenvalue weighted by molar-refractivity contribution is 6.33. The zero-order valence-electron chi connectivity index (χ0n) is 12.0. The average Bonchev–Trinajstić information content (AvgIpc) is 2.49. The molecule has 1 atom stereocenters. The standard InChI is InChI=1S/C16H12ClF2NO3/c1-9(15(21)20-13-8-3-2-6-11(13)18)23-16(22)14-10(17)5-4-7-12(14)19/h2-9H,1H3,(H,20,21)/t9-/m0/s1. The van der Waals surface area contributed by atoms with Gasteiger partial charge in [-0.3, -0.25) is 4.79 Å². The van der Waals surface area contributed by atoms with Crippen molar-refractivity contribution in [3.63, 3.8) is 0 Å². The molecular weight excluding hydrogens is 328 g/mol. The summed E-state index contributed by atoms with van der Waals surface area (Å²) in [4.78, 5) is 23.8. The quantitative estimate of drug-likeness (QED) is 0.862. The molecular formula is C16H12ClF2NO3. The van der Waals surface area contributed by atoms with E-state index < -0.39 is 35.2 Å². The van der Waals surface area contributed by atoms with Gasteiger partial charge in [-0.05, 0) is 31.2 Å². The van der Waals surface area contributed by atoms with Gasteiger partial charge >= 0.3 is 5.97 Å². The minimum Gasteiger partial charge on any atom is -0.449 e. The van der Waals surface area contributed by atoms with Gasteiger partial charge in [-0.15, -0.1) is 0 Å². The first-order valence-corrected chi connectivity index (χ1v) is 6.98. The normalized spacial score (nSPS) is 11.7. The average molecular weight is 340 g/mol. The minimum atomic E-state index is -1.27. The van der Waals surface area contributed by atoms with Gasteiger partial charge in [0, 0.05) is 0 Å². The van der Waals surface area contributed by atoms with Crippen molar-refractivity contribution in [1.82, 2.24) is 0 Å². The summed E-state index contributed by atoms with van der Waals surface area (Å²) in [5.41, 5.74) is -0.510. The molecule has 1 amide bonds. The number of benzene rings is 2. The number of nitrogens with one attached hydrogen (secondary N) is 1. The summed E-state index contributed by atoms with van der Waals surface area (Å²) < 4.78 is 31.9. The van der Waals surface area contributed by atoms with Crippen molar-refractivity contribution >= 4 is 29.2 Å². The fourth-order valence-corrected chi connectivity index (χ4v) is 2.00. The molecule has 2 aromatic rings. The molecule has 2 rings (SSSR count). The summed E-state index contributed by atoms with van der Waals surface area (Å²) in [5.74, 6) is -3.32. The third-order valence-corrected chi connectivity index (χ3v) is 3.27. The summed E-state index contributed by atoms with van der Waals surface area (Å²) in [6.45, 7) is 1.28. The summed E-state index contributed by atoms with van der Waals surface area (Å²) >= 11 is 5.75. The van der Waals surface area contributed by atoms with Crippen LogP contribution in [-0.2, 0) is 9.53 Å². The fourth-order valence-electron chi connectivity index (χ4n) is 1.76. The molecule has 0 fully saturated rings. The Morgan fingerprint density at radius 1 is 1.09 bits per heavy atom. The Bertz CT molecular complexity index is 732. The molecule has 0 bridgehead atoms. The Balaban J connectivity index is 2.06. The number of para-hydroxylation sites is 1. The number of halogens is 3. The summed E-state index contributed by atoms with van der Waals surface area (Å²) in [7, 11) is 0. The van der Waals surface area contributed by atoms with E-state index in [0.717, 1.165) is 6.07 Å². The topological polar surface area (TPSA) is 55.4 Å². The number of anilines is 1. The van der Waals surface area contributed by atoms with Crippen LogP contribution in [0.5, 0.6) is 0 Å². The number of esters is 1. The van der Waals surface area contributed by atoms with E-state index in [1.165, 1.54) is 43.3 Å². The maximum Gasteiger partial charge on any atom is 0.343 e. The van der Waals surface area contributed by atoms with Crippen LogP contribution in [0.3, 0.4) is 0 Å². The highest BCUT2D eigenvalue weighted by Gasteiger charge is 2.23. The molecule has 0 aliphatic carbocycles. The van der Waals surface area contributed by atoms with Gasteiger partial charge in [-0.1, -0.05) is 29.8 Å². The first-order valence-electron chi connectivity index (χ1n) is 6.60. The first kappa shape index (κ1) is 16.9. The van der Waals surface area contributed by atoms with Crippen molar-refractivity contribution in [1.29, 1.82) is 0 Å². The summed E-state index contributed by atoms with van der Waals surface area (Å²) in [5, 5.41) is 2.15. The molecule has 2 aromatic carbocycles. The SMILES string of the molecule is C[C@H](OC(=O)c1c(F)cccc1Cl)C(=O)Nc1ccccc1F. The summed E-state index contributed by atoms with van der Waals surface area (Å²) in [6.07, 6.45) is -1.27. The van der Waals surface area contributed by atoms with E-state index in [0.29, 0.717) is 0 Å². The fraction of sp³-hybridized carbons (Fsp3) is 0.125. The van der Waals surface area contributed by atoms with Crippen LogP contribution >= 0.6 is 11.6 Å². The molecule has 0 aliphatic rings. The predicted molar refractivity (Wildman–Crippen MR) is 81.3 cm³/mol. The number of carbonyl (C=O) groups excluding carboxylic acids is 2. The Labute approximate surface area is 136 Å². The van der Waals surface area contributed by atoms with Crippen LogP contribution in [0.2, 0.25) is 5.02 Å². The van der Waals surface area contributed by atoms with E-state index in [1.54, 1.807) is 0 Å². The lowest BCUT2D eigenvalue weighted by Gasteiger charge is -2.14. The van der Waals surface area contributed by atoms with E-state index in [1.807, 2.05) is 0 Å². The third-order valence-electron chi connectivity index (χ3n) is 2.95. The van der Waals surface area contributed by atoms with Crippen molar-refractivity contribution in [2.24, 2.45) is 0 Å². The Morgan fingerprint density at radius 3 is 2.39 bits per heavy atom. The first-order chi connectivity index (χ1) is 10.9. The molecule has 0 aromatic heterocycles. The zero-order valence-corrected chi connectivity index (χ0v) is 12.7. The number of ether oxygens (including phenoxy) is 1. The smallest absolute Gasteiger partial charge is 0.343 e. The van der Waals surface area contributed by atoms with Gasteiger partial charge in [0.05, 0.1) is 10.7 Å². The van der Waals surface area contributed by atoms with E-state index in [2.05, 4.69) is 5.32 Å². The second kappa shape index (κ2) is 7.19. The minimum absolute atomic E-state index is 0.0516. The van der Waals surface area contributed by atoms with Crippen LogP contribution in [0.4, 0.5) is 14.5 Å². The largest absolute Gasteiger partial charge is 0.449 e. The molecule has 4 nitrogen and oxygen atoms in total. The van der Waals surface area contributed by atoms with E-state index in [9.17, 15) is 18.4 Å². The number of hydrogen-bond donors (Lipinski definition) is 1. The van der Waals surface area contributed by atoms with Crippen molar-refractivity contribution < 1.29 is 23.1 Å². The predicted octanol–water partition coefficient (Wildman–Crippen LogP) is 3.80. The molecule has 0 radical (unpaired) electrons. The Morgan fingerprint density at radius 2 is 1.74 bits per heavy atom. The van der Waals surface area contributed by atoms with Crippen LogP contribution in [-0.4, -0.2) is 18.0 Å². The number of hydrogen-bond acceptors (Lipinski definition) is 3. The third kappa shape index (κ3) is 4.04. The number of amides is 1. The maximum atomic E-state index is 13.6. The zero-order chi connectivity index (χ0) is 17.0. The van der Waals surface area contributed by atoms with Crippen molar-refractivity contribution in [2.45, 2.75) is 13.0 Å². The second-order valence-corrected chi connectivity index (χ2v) is 5.02. The molecule has 0 saturated heterocycles. The van der Waals surface area contributed by atoms with Gasteiger partial charge in [0.25, 0.3) is 5.91 Å². The van der Waals surface area contributed by atoms with E-state index >= 15 is 0 Å². The molecule has 23 heavy (non-hydrogen) atoms. The molecule has 0 heterocycles. The van der Waals surface area contributed by atoms with Crippen LogP contribution in [0.25, 0.3) is 0 Å². The van der Waals surface area contributed by atoms with Crippen LogP contribution < -0.4 is 5.32 Å². The van der Waals surface area contributed by atoms with Crippen molar-refractivity contribution in [3.05, 3.63) is 64.7 Å². The lowest BCUT2D eigenvalue weighted by atomic mass is 10.2. The second-order valence-electron chi connectivity index (χ2n) is 4.61. The van der Waals surface area contributed by atoms with Gasteiger partial charge < -0.3 is 10.1 Å². The molecule has 120 valence electrons. The number of rotatable bonds is 4. The van der Waals surface area contributed by atoms with Crippen molar-refractivity contribution in [3.8, 4) is 0 Å². The highest BCUT2D eigenvalue weighted by atomic mass is 35.5. The van der Waals surface area contributed by atoms with E-state index in [4.69, 9.17) is 16.3 Å². The molecule has 0 aliphatic heterocycles. The molecule has 1 N–H and O–H groups in total. The lowest BCUT2D eigenvalue weighted by molar-refractivity contribution is -0.123. The maximum absolute atomic E-state index is 13.6. The molecule has 7 heteroatoms. The number of carbonyl (C=O) groups is 2. The van der Waals surface area contributed by atoms with Gasteiger partial charge in [-0.2, -0.15) is 0 Å². The summed E-state index contributed by atoms with van der Waals surface area (Å²) in [6, 6.07) is 9.24. The lowest BCUT2D eigenvalue weighted by Crippen LogP contribution is -2.30. The Kier molecular flexibility index (Phi) is 5.28. The molecule has 0 saturated carbocycles. The van der Waals surface area contributed by atoms with Gasteiger partial charge in [0.1, 0.15) is 17.2 Å². The Hall–Kier alpha value is -2.47. The van der Waals surface area contributed by atoms with Gasteiger partial charge in [0.2, 0.25) is 0 Å². The van der Waals surface area contributed by atoms with Crippen LogP contribution in [0.1, 0.15) is 17.3 Å². The monoisotopic (exact) mass is 339 g/mol.